The highest BCUT2D eigenvalue weighted by Gasteiger charge is 2.04. The molecule has 0 aliphatic heterocycles. The quantitative estimate of drug-likeness (QED) is 0.765. The van der Waals surface area contributed by atoms with Gasteiger partial charge in [-0.3, -0.25) is 4.98 Å². The lowest BCUT2D eigenvalue weighted by Crippen LogP contribution is -1.82. The van der Waals surface area contributed by atoms with Gasteiger partial charge in [0.15, 0.2) is 0 Å². The van der Waals surface area contributed by atoms with Crippen molar-refractivity contribution in [3.05, 3.63) is 30.5 Å². The molecule has 0 aliphatic rings. The zero-order chi connectivity index (χ0) is 9.97. The van der Waals surface area contributed by atoms with Crippen LogP contribution in [0.4, 0.5) is 0 Å². The van der Waals surface area contributed by atoms with E-state index >= 15 is 0 Å². The Morgan fingerprint density at radius 1 is 1.36 bits per heavy atom. The van der Waals surface area contributed by atoms with Crippen molar-refractivity contribution in [1.29, 1.82) is 0 Å². The molecule has 0 amide bonds. The van der Waals surface area contributed by atoms with Gasteiger partial charge in [-0.25, -0.2) is 0 Å². The maximum absolute atomic E-state index is 9.59. The van der Waals surface area contributed by atoms with E-state index in [-0.39, 0.29) is 5.75 Å². The van der Waals surface area contributed by atoms with E-state index in [9.17, 15) is 5.11 Å². The second kappa shape index (κ2) is 3.88. The summed E-state index contributed by atoms with van der Waals surface area (Å²) in [5, 5.41) is 10.6. The molecule has 2 aromatic rings. The molecule has 0 atom stereocenters. The third kappa shape index (κ3) is 1.55. The van der Waals surface area contributed by atoms with Gasteiger partial charge in [0.25, 0.3) is 0 Å². The Morgan fingerprint density at radius 2 is 2.21 bits per heavy atom. The Morgan fingerprint density at radius 3 is 3.00 bits per heavy atom. The van der Waals surface area contributed by atoms with Gasteiger partial charge in [-0.15, -0.1) is 11.8 Å². The van der Waals surface area contributed by atoms with Crippen LogP contribution < -0.4 is 0 Å². The van der Waals surface area contributed by atoms with E-state index in [1.165, 1.54) is 4.90 Å². The molecule has 1 aromatic carbocycles. The van der Waals surface area contributed by atoms with Crippen LogP contribution >= 0.6 is 11.8 Å². The van der Waals surface area contributed by atoms with Crippen LogP contribution in [0.15, 0.2) is 35.4 Å². The molecule has 0 bridgehead atoms. The monoisotopic (exact) mass is 205 g/mol. The number of benzene rings is 1. The normalized spacial score (nSPS) is 10.6. The Hall–Kier alpha value is -1.22. The van der Waals surface area contributed by atoms with Crippen molar-refractivity contribution < 1.29 is 5.11 Å². The first-order valence-corrected chi connectivity index (χ1v) is 5.51. The Bertz CT molecular complexity index is 456. The zero-order valence-corrected chi connectivity index (χ0v) is 8.71. The third-order valence-corrected chi connectivity index (χ3v) is 2.96. The number of thioether (sulfide) groups is 1. The van der Waals surface area contributed by atoms with Crippen LogP contribution in [0.5, 0.6) is 5.75 Å². The molecule has 1 heterocycles. The fourth-order valence-corrected chi connectivity index (χ4v) is 2.21. The zero-order valence-electron chi connectivity index (χ0n) is 7.90. The molecular weight excluding hydrogens is 194 g/mol. The maximum Gasteiger partial charge on any atom is 0.141 e. The average molecular weight is 205 g/mol. The fraction of sp³-hybridized carbons (Fsp3) is 0.182. The van der Waals surface area contributed by atoms with Crippen molar-refractivity contribution >= 4 is 22.7 Å². The molecular formula is C11H11NOS. The molecule has 72 valence electrons. The Kier molecular flexibility index (Phi) is 2.59. The lowest BCUT2D eigenvalue weighted by Gasteiger charge is -2.05. The topological polar surface area (TPSA) is 33.1 Å². The van der Waals surface area contributed by atoms with Gasteiger partial charge in [-0.05, 0) is 24.0 Å². The number of phenols is 1. The Labute approximate surface area is 87.0 Å². The number of fused-ring (bicyclic) bond motifs is 1. The van der Waals surface area contributed by atoms with E-state index in [1.807, 2.05) is 18.2 Å². The van der Waals surface area contributed by atoms with E-state index in [0.29, 0.717) is 5.52 Å². The molecule has 0 unspecified atom stereocenters. The molecule has 0 fully saturated rings. The summed E-state index contributed by atoms with van der Waals surface area (Å²) in [5.74, 6) is 1.27. The van der Waals surface area contributed by atoms with Gasteiger partial charge in [0, 0.05) is 16.5 Å². The number of phenolic OH excluding ortho intramolecular Hbond substituents is 1. The fourth-order valence-electron chi connectivity index (χ4n) is 1.41. The van der Waals surface area contributed by atoms with Crippen molar-refractivity contribution in [2.75, 3.05) is 5.75 Å². The third-order valence-electron chi connectivity index (χ3n) is 2.01. The summed E-state index contributed by atoms with van der Waals surface area (Å²) >= 11 is 1.76. The van der Waals surface area contributed by atoms with Crippen molar-refractivity contribution in [2.45, 2.75) is 11.8 Å². The summed E-state index contributed by atoms with van der Waals surface area (Å²) in [7, 11) is 0. The molecule has 0 spiro atoms. The van der Waals surface area contributed by atoms with Crippen molar-refractivity contribution in [3.8, 4) is 5.75 Å². The standard InChI is InChI=1S/C11H11NOS/c1-2-14-10-6-5-9(13)11-8(10)4-3-7-12-11/h3-7,13H,2H2,1H3. The second-order valence-electron chi connectivity index (χ2n) is 2.92. The molecule has 0 saturated heterocycles. The van der Waals surface area contributed by atoms with E-state index in [0.717, 1.165) is 11.1 Å². The first kappa shape index (κ1) is 9.34. The first-order chi connectivity index (χ1) is 6.83. The van der Waals surface area contributed by atoms with Crippen LogP contribution in [0.2, 0.25) is 0 Å². The highest BCUT2D eigenvalue weighted by atomic mass is 32.2. The van der Waals surface area contributed by atoms with Gasteiger partial charge in [-0.2, -0.15) is 0 Å². The summed E-state index contributed by atoms with van der Waals surface area (Å²) < 4.78 is 0. The lowest BCUT2D eigenvalue weighted by atomic mass is 10.2. The minimum atomic E-state index is 0.251. The predicted octanol–water partition coefficient (Wildman–Crippen LogP) is 3.05. The molecule has 1 N–H and O–H groups in total. The smallest absolute Gasteiger partial charge is 0.141 e. The van der Waals surface area contributed by atoms with E-state index < -0.39 is 0 Å². The van der Waals surface area contributed by atoms with Gasteiger partial charge < -0.3 is 5.11 Å². The SMILES string of the molecule is CCSc1ccc(O)c2ncccc12. The number of aromatic hydroxyl groups is 1. The lowest BCUT2D eigenvalue weighted by molar-refractivity contribution is 0.480. The number of hydrogen-bond acceptors (Lipinski definition) is 3. The van der Waals surface area contributed by atoms with Gasteiger partial charge in [0.2, 0.25) is 0 Å². The van der Waals surface area contributed by atoms with Crippen LogP contribution in [-0.4, -0.2) is 15.8 Å². The van der Waals surface area contributed by atoms with Crippen LogP contribution in [0.1, 0.15) is 6.92 Å². The van der Waals surface area contributed by atoms with Crippen LogP contribution in [0, 0.1) is 0 Å². The number of pyridine rings is 1. The number of hydrogen-bond donors (Lipinski definition) is 1. The van der Waals surface area contributed by atoms with E-state index in [1.54, 1.807) is 24.0 Å². The van der Waals surface area contributed by atoms with Crippen molar-refractivity contribution in [1.82, 2.24) is 4.98 Å². The molecule has 2 rings (SSSR count). The molecule has 3 heteroatoms. The Balaban J connectivity index is 2.68. The minimum Gasteiger partial charge on any atom is -0.506 e. The summed E-state index contributed by atoms with van der Waals surface area (Å²) in [5.41, 5.74) is 0.686. The van der Waals surface area contributed by atoms with Gasteiger partial charge in [-0.1, -0.05) is 13.0 Å². The maximum atomic E-state index is 9.59. The van der Waals surface area contributed by atoms with Gasteiger partial charge in [0.1, 0.15) is 11.3 Å². The van der Waals surface area contributed by atoms with Gasteiger partial charge >= 0.3 is 0 Å². The minimum absolute atomic E-state index is 0.251. The van der Waals surface area contributed by atoms with Crippen molar-refractivity contribution in [3.63, 3.8) is 0 Å². The predicted molar refractivity (Wildman–Crippen MR) is 59.8 cm³/mol. The van der Waals surface area contributed by atoms with Crippen LogP contribution in [0.3, 0.4) is 0 Å². The molecule has 0 aliphatic carbocycles. The first-order valence-electron chi connectivity index (χ1n) is 4.52. The molecule has 0 radical (unpaired) electrons. The molecule has 2 nitrogen and oxygen atoms in total. The van der Waals surface area contributed by atoms with Gasteiger partial charge in [0.05, 0.1) is 0 Å². The van der Waals surface area contributed by atoms with Crippen LogP contribution in [-0.2, 0) is 0 Å². The molecule has 14 heavy (non-hydrogen) atoms. The number of nitrogens with zero attached hydrogens (tertiary/aromatic N) is 1. The second-order valence-corrected chi connectivity index (χ2v) is 4.22. The molecule has 1 aromatic heterocycles. The van der Waals surface area contributed by atoms with Crippen molar-refractivity contribution in [2.24, 2.45) is 0 Å². The molecule has 0 saturated carbocycles. The number of rotatable bonds is 2. The van der Waals surface area contributed by atoms with Crippen LogP contribution in [0.25, 0.3) is 10.9 Å². The number of aromatic nitrogens is 1. The largest absolute Gasteiger partial charge is 0.506 e. The van der Waals surface area contributed by atoms with E-state index in [2.05, 4.69) is 11.9 Å². The highest BCUT2D eigenvalue weighted by molar-refractivity contribution is 7.99. The summed E-state index contributed by atoms with van der Waals surface area (Å²) in [6, 6.07) is 7.52. The summed E-state index contributed by atoms with van der Waals surface area (Å²) in [6.07, 6.45) is 1.70. The average Bonchev–Trinajstić information content (AvgIpc) is 2.23. The van der Waals surface area contributed by atoms with E-state index in [4.69, 9.17) is 0 Å². The highest BCUT2D eigenvalue weighted by Crippen LogP contribution is 2.31. The summed E-state index contributed by atoms with van der Waals surface area (Å²) in [6.45, 7) is 2.11. The summed E-state index contributed by atoms with van der Waals surface area (Å²) in [4.78, 5) is 5.33.